The van der Waals surface area contributed by atoms with E-state index in [0.717, 1.165) is 11.5 Å². The molecule has 0 aromatic heterocycles. The second-order valence-corrected chi connectivity index (χ2v) is 15.9. The smallest absolute Gasteiger partial charge is 0.383 e. The number of carbonyl (C=O) groups excluding carboxylic acids is 3. The van der Waals surface area contributed by atoms with Gasteiger partial charge in [0.2, 0.25) is 11.8 Å². The van der Waals surface area contributed by atoms with E-state index in [1.807, 2.05) is 20.8 Å². The minimum Gasteiger partial charge on any atom is -0.383 e. The van der Waals surface area contributed by atoms with Crippen LogP contribution in [0.15, 0.2) is 0 Å². The van der Waals surface area contributed by atoms with E-state index in [0.29, 0.717) is 13.0 Å². The highest BCUT2D eigenvalue weighted by molar-refractivity contribution is 7.99. The van der Waals surface area contributed by atoms with Crippen LogP contribution in [0.2, 0.25) is 0 Å². The van der Waals surface area contributed by atoms with E-state index < -0.39 is 43.2 Å². The minimum absolute atomic E-state index is 0.0425. The molecule has 0 rings (SSSR count). The van der Waals surface area contributed by atoms with Crippen LogP contribution in [0.1, 0.15) is 94.4 Å². The van der Waals surface area contributed by atoms with Gasteiger partial charge in [0.15, 0.2) is 0 Å². The molecule has 0 aliphatic heterocycles. The van der Waals surface area contributed by atoms with Crippen LogP contribution in [0.3, 0.4) is 0 Å². The molecule has 3 atom stereocenters. The lowest BCUT2D eigenvalue weighted by atomic mass is 9.76. The quantitative estimate of drug-likeness (QED) is 0.113. The first-order valence-corrected chi connectivity index (χ1v) is 16.8. The molecule has 10 nitrogen and oxygen atoms in total. The minimum atomic E-state index is -4.58. The first-order chi connectivity index (χ1) is 18.2. The molecular weight excluding hydrogens is 555 g/mol. The Bertz CT molecular complexity index is 839. The predicted molar refractivity (Wildman–Crippen MR) is 161 cm³/mol. The van der Waals surface area contributed by atoms with Gasteiger partial charge in [-0.3, -0.25) is 23.4 Å². The molecule has 0 aliphatic rings. The number of hydrogen-bond donors (Lipinski definition) is 4. The Labute approximate surface area is 246 Å². The Kier molecular flexibility index (Phi) is 17.4. The zero-order valence-corrected chi connectivity index (χ0v) is 27.8. The Balaban J connectivity index is 4.67. The van der Waals surface area contributed by atoms with Crippen molar-refractivity contribution in [3.05, 3.63) is 0 Å². The summed E-state index contributed by atoms with van der Waals surface area (Å²) in [6.07, 6.45) is 2.52. The van der Waals surface area contributed by atoms with E-state index in [1.54, 1.807) is 32.5 Å². The van der Waals surface area contributed by atoms with Crippen LogP contribution in [-0.4, -0.2) is 71.5 Å². The Morgan fingerprint density at radius 3 is 2.10 bits per heavy atom. The number of ketones is 1. The molecule has 0 aromatic carbocycles. The summed E-state index contributed by atoms with van der Waals surface area (Å²) in [5.74, 6) is 0.309. The number of unbranched alkanes of at least 4 members (excludes halogenated alkanes) is 2. The number of phosphoric acid groups is 1. The summed E-state index contributed by atoms with van der Waals surface area (Å²) in [4.78, 5) is 47.6. The fourth-order valence-electron chi connectivity index (χ4n) is 3.79. The van der Waals surface area contributed by atoms with Gasteiger partial charge < -0.3 is 20.6 Å². The first kappa shape index (κ1) is 39.0. The van der Waals surface area contributed by atoms with Gasteiger partial charge in [-0.05, 0) is 24.0 Å². The number of nitrogens with one attached hydrogen (secondary N) is 2. The summed E-state index contributed by atoms with van der Waals surface area (Å²) in [6, 6.07) is 0. The summed E-state index contributed by atoms with van der Waals surface area (Å²) in [5, 5.41) is 15.8. The number of hydrogen-bond acceptors (Lipinski definition) is 8. The summed E-state index contributed by atoms with van der Waals surface area (Å²) < 4.78 is 22.9. The molecule has 3 unspecified atom stereocenters. The summed E-state index contributed by atoms with van der Waals surface area (Å²) in [5.41, 5.74) is -2.09. The maximum atomic E-state index is 12.9. The zero-order valence-electron chi connectivity index (χ0n) is 26.1. The van der Waals surface area contributed by atoms with Gasteiger partial charge in [-0.2, -0.15) is 11.8 Å². The molecule has 12 heteroatoms. The molecule has 0 heterocycles. The maximum absolute atomic E-state index is 12.9. The highest BCUT2D eigenvalue weighted by Crippen LogP contribution is 2.46. The lowest BCUT2D eigenvalue weighted by molar-refractivity contribution is -0.137. The van der Waals surface area contributed by atoms with Crippen LogP contribution in [0.5, 0.6) is 0 Å². The van der Waals surface area contributed by atoms with E-state index in [2.05, 4.69) is 17.6 Å². The third kappa shape index (κ3) is 17.8. The number of phosphoric ester groups is 1. The highest BCUT2D eigenvalue weighted by atomic mass is 32.2. The molecule has 0 aliphatic carbocycles. The number of amides is 2. The Hall–Kier alpha value is -0.970. The summed E-state index contributed by atoms with van der Waals surface area (Å²) in [6.45, 7) is 16.3. The molecule has 0 radical (unpaired) electrons. The van der Waals surface area contributed by atoms with Crippen molar-refractivity contribution in [2.24, 2.45) is 22.2 Å². The standard InChI is InChI=1S/C28H55N2O8PS/c1-10-11-12-16-40-17-15-29-22(31)13-14-30-25(34)24(33)28(8,9)20-38-39(35,36)37-19-21(18-26(2,3)4)23(32)27(5,6)7/h21,24,33H,10-20H2,1-9H3,(H,29,31)(H,30,34)(H,35,36). The normalized spacial score (nSPS) is 15.7. The highest BCUT2D eigenvalue weighted by Gasteiger charge is 2.38. The molecule has 0 spiro atoms. The van der Waals surface area contributed by atoms with Crippen molar-refractivity contribution in [3.8, 4) is 0 Å². The third-order valence-electron chi connectivity index (χ3n) is 6.11. The molecule has 0 aromatic rings. The number of aliphatic hydroxyl groups is 1. The van der Waals surface area contributed by atoms with Crippen LogP contribution in [0.25, 0.3) is 0 Å². The summed E-state index contributed by atoms with van der Waals surface area (Å²) in [7, 11) is -4.58. The van der Waals surface area contributed by atoms with Crippen LogP contribution in [0, 0.1) is 22.2 Å². The predicted octanol–water partition coefficient (Wildman–Crippen LogP) is 4.72. The van der Waals surface area contributed by atoms with Crippen LogP contribution in [0.4, 0.5) is 0 Å². The van der Waals surface area contributed by atoms with Crippen molar-refractivity contribution in [1.29, 1.82) is 0 Å². The fourth-order valence-corrected chi connectivity index (χ4v) is 5.58. The number of Topliss-reactive ketones (excluding diaryl/α,β-unsaturated/α-hetero) is 1. The van der Waals surface area contributed by atoms with E-state index in [4.69, 9.17) is 9.05 Å². The number of rotatable bonds is 20. The van der Waals surface area contributed by atoms with Crippen molar-refractivity contribution < 1.29 is 38.0 Å². The van der Waals surface area contributed by atoms with Crippen LogP contribution < -0.4 is 10.6 Å². The molecule has 4 N–H and O–H groups in total. The largest absolute Gasteiger partial charge is 0.472 e. The van der Waals surface area contributed by atoms with Crippen LogP contribution >= 0.6 is 19.6 Å². The Morgan fingerprint density at radius 1 is 0.925 bits per heavy atom. The molecule has 0 fully saturated rings. The molecule has 0 bridgehead atoms. The lowest BCUT2D eigenvalue weighted by Crippen LogP contribution is -2.46. The van der Waals surface area contributed by atoms with Gasteiger partial charge in [0.05, 0.1) is 13.2 Å². The fraction of sp³-hybridized carbons (Fsp3) is 0.893. The average Bonchev–Trinajstić information content (AvgIpc) is 2.82. The van der Waals surface area contributed by atoms with Gasteiger partial charge in [-0.1, -0.05) is 75.2 Å². The topological polar surface area (TPSA) is 151 Å². The number of carbonyl (C=O) groups is 3. The number of thioether (sulfide) groups is 1. The van der Waals surface area contributed by atoms with Gasteiger partial charge in [0.25, 0.3) is 0 Å². The van der Waals surface area contributed by atoms with Gasteiger partial charge in [-0.15, -0.1) is 0 Å². The van der Waals surface area contributed by atoms with Gasteiger partial charge in [0.1, 0.15) is 11.9 Å². The summed E-state index contributed by atoms with van der Waals surface area (Å²) >= 11 is 1.79. The van der Waals surface area contributed by atoms with Crippen molar-refractivity contribution >= 4 is 37.2 Å². The molecule has 236 valence electrons. The van der Waals surface area contributed by atoms with Crippen molar-refractivity contribution in [2.75, 3.05) is 37.8 Å². The SMILES string of the molecule is CCCCCSCCNC(=O)CCNC(=O)C(O)C(C)(C)COP(=O)(O)OCC(CC(C)(C)C)C(=O)C(C)(C)C. The molecule has 0 saturated heterocycles. The first-order valence-electron chi connectivity index (χ1n) is 14.2. The van der Waals surface area contributed by atoms with Crippen LogP contribution in [-0.2, 0) is 28.0 Å². The van der Waals surface area contributed by atoms with E-state index in [1.165, 1.54) is 33.1 Å². The lowest BCUT2D eigenvalue weighted by Gasteiger charge is -2.31. The van der Waals surface area contributed by atoms with Gasteiger partial charge in [0, 0.05) is 42.0 Å². The number of aliphatic hydroxyl groups excluding tert-OH is 1. The second-order valence-electron chi connectivity index (χ2n) is 13.2. The van der Waals surface area contributed by atoms with Crippen molar-refractivity contribution in [1.82, 2.24) is 10.6 Å². The average molecular weight is 611 g/mol. The maximum Gasteiger partial charge on any atom is 0.472 e. The van der Waals surface area contributed by atoms with E-state index in [9.17, 15) is 28.9 Å². The third-order valence-corrected chi connectivity index (χ3v) is 8.11. The van der Waals surface area contributed by atoms with Gasteiger partial charge >= 0.3 is 7.82 Å². The molecule has 2 amide bonds. The van der Waals surface area contributed by atoms with Crippen molar-refractivity contribution in [2.45, 2.75) is 101 Å². The van der Waals surface area contributed by atoms with E-state index in [-0.39, 0.29) is 36.7 Å². The van der Waals surface area contributed by atoms with Crippen molar-refractivity contribution in [3.63, 3.8) is 0 Å². The molecular formula is C28H55N2O8PS. The molecule has 40 heavy (non-hydrogen) atoms. The monoisotopic (exact) mass is 610 g/mol. The van der Waals surface area contributed by atoms with E-state index >= 15 is 0 Å². The molecule has 0 saturated carbocycles. The second kappa shape index (κ2) is 17.9. The zero-order chi connectivity index (χ0) is 31.2. The Morgan fingerprint density at radius 2 is 1.55 bits per heavy atom. The van der Waals surface area contributed by atoms with Gasteiger partial charge in [-0.25, -0.2) is 4.57 Å².